The second-order valence-corrected chi connectivity index (χ2v) is 7.11. The number of carbonyl (C=O) groups is 6. The highest BCUT2D eigenvalue weighted by molar-refractivity contribution is 7.80. The van der Waals surface area contributed by atoms with Crippen molar-refractivity contribution in [2.75, 3.05) is 5.75 Å². The van der Waals surface area contributed by atoms with Gasteiger partial charge in [-0.2, -0.15) is 12.6 Å². The van der Waals surface area contributed by atoms with Crippen molar-refractivity contribution < 1.29 is 39.0 Å². The van der Waals surface area contributed by atoms with Crippen LogP contribution in [0.5, 0.6) is 0 Å². The zero-order valence-electron chi connectivity index (χ0n) is 16.5. The van der Waals surface area contributed by atoms with Crippen LogP contribution in [-0.4, -0.2) is 75.7 Å². The van der Waals surface area contributed by atoms with Crippen molar-refractivity contribution in [1.29, 1.82) is 0 Å². The van der Waals surface area contributed by atoms with Crippen molar-refractivity contribution >= 4 is 48.2 Å². The van der Waals surface area contributed by atoms with E-state index in [4.69, 9.17) is 21.7 Å². The summed E-state index contributed by atoms with van der Waals surface area (Å²) in [6.45, 7) is 3.08. The van der Waals surface area contributed by atoms with Gasteiger partial charge in [0, 0.05) is 5.75 Å². The van der Waals surface area contributed by atoms with Crippen LogP contribution < -0.4 is 27.4 Å². The van der Waals surface area contributed by atoms with E-state index in [1.165, 1.54) is 13.8 Å². The molecule has 0 aliphatic carbocycles. The molecule has 0 aromatic rings. The molecular formula is C16H27N5O8S. The molecule has 0 aromatic carbocycles. The molecule has 170 valence electrons. The van der Waals surface area contributed by atoms with Crippen molar-refractivity contribution in [3.8, 4) is 0 Å². The minimum atomic E-state index is -1.61. The highest BCUT2D eigenvalue weighted by atomic mass is 32.1. The van der Waals surface area contributed by atoms with Crippen LogP contribution in [0.25, 0.3) is 0 Å². The minimum Gasteiger partial charge on any atom is -0.481 e. The van der Waals surface area contributed by atoms with Gasteiger partial charge < -0.3 is 37.6 Å². The van der Waals surface area contributed by atoms with Crippen LogP contribution >= 0.6 is 12.6 Å². The Bertz CT molecular complexity index is 687. The molecule has 0 bridgehead atoms. The van der Waals surface area contributed by atoms with Crippen LogP contribution in [0, 0.1) is 5.92 Å². The van der Waals surface area contributed by atoms with Crippen LogP contribution in [0.3, 0.4) is 0 Å². The van der Waals surface area contributed by atoms with Gasteiger partial charge in [-0.05, 0) is 5.92 Å². The summed E-state index contributed by atoms with van der Waals surface area (Å²) < 4.78 is 0. The van der Waals surface area contributed by atoms with E-state index in [1.807, 2.05) is 0 Å². The summed E-state index contributed by atoms with van der Waals surface area (Å²) in [5.41, 5.74) is 10.4. The first-order chi connectivity index (χ1) is 13.8. The predicted molar refractivity (Wildman–Crippen MR) is 106 cm³/mol. The monoisotopic (exact) mass is 449 g/mol. The van der Waals surface area contributed by atoms with Crippen LogP contribution in [0.1, 0.15) is 26.7 Å². The van der Waals surface area contributed by atoms with E-state index in [9.17, 15) is 28.8 Å². The number of rotatable bonds is 13. The molecule has 0 rings (SSSR count). The third-order valence-corrected chi connectivity index (χ3v) is 4.21. The molecule has 0 spiro atoms. The van der Waals surface area contributed by atoms with Crippen LogP contribution in [0.15, 0.2) is 0 Å². The minimum absolute atomic E-state index is 0.0549. The summed E-state index contributed by atoms with van der Waals surface area (Å²) in [5.74, 6) is -7.21. The van der Waals surface area contributed by atoms with Crippen molar-refractivity contribution in [2.24, 2.45) is 17.4 Å². The molecule has 13 nitrogen and oxygen atoms in total. The topological polar surface area (TPSA) is 231 Å². The van der Waals surface area contributed by atoms with Gasteiger partial charge in [-0.3, -0.25) is 24.0 Å². The van der Waals surface area contributed by atoms with Gasteiger partial charge >= 0.3 is 11.9 Å². The highest BCUT2D eigenvalue weighted by Crippen LogP contribution is 2.06. The highest BCUT2D eigenvalue weighted by Gasteiger charge is 2.33. The second-order valence-electron chi connectivity index (χ2n) is 6.75. The molecular weight excluding hydrogens is 422 g/mol. The number of thiol groups is 1. The average molecular weight is 449 g/mol. The van der Waals surface area contributed by atoms with Gasteiger partial charge in [0.15, 0.2) is 0 Å². The number of hydrogen-bond donors (Lipinski definition) is 8. The summed E-state index contributed by atoms with van der Waals surface area (Å²) in [5, 5.41) is 24.6. The van der Waals surface area contributed by atoms with E-state index in [2.05, 4.69) is 28.6 Å². The molecule has 0 saturated carbocycles. The molecule has 0 aliphatic rings. The Kier molecular flexibility index (Phi) is 11.4. The zero-order chi connectivity index (χ0) is 23.6. The van der Waals surface area contributed by atoms with Gasteiger partial charge in [0.05, 0.1) is 18.9 Å². The predicted octanol–water partition coefficient (Wildman–Crippen LogP) is -3.21. The lowest BCUT2D eigenvalue weighted by atomic mass is 10.0. The SMILES string of the molecule is CC(C)C(NC(=O)C(CC(=O)O)NC(=O)C(N)CS)C(=O)NC(CC(N)=O)C(=O)O. The quantitative estimate of drug-likeness (QED) is 0.132. The van der Waals surface area contributed by atoms with Crippen LogP contribution in [0.2, 0.25) is 0 Å². The Morgan fingerprint density at radius 1 is 0.867 bits per heavy atom. The molecule has 0 saturated heterocycles. The maximum absolute atomic E-state index is 12.5. The Morgan fingerprint density at radius 2 is 1.40 bits per heavy atom. The van der Waals surface area contributed by atoms with Crippen LogP contribution in [0.4, 0.5) is 0 Å². The van der Waals surface area contributed by atoms with E-state index >= 15 is 0 Å². The molecule has 4 amide bonds. The van der Waals surface area contributed by atoms with Gasteiger partial charge in [-0.1, -0.05) is 13.8 Å². The van der Waals surface area contributed by atoms with Gasteiger partial charge in [0.2, 0.25) is 23.6 Å². The van der Waals surface area contributed by atoms with Crippen LogP contribution in [-0.2, 0) is 28.8 Å². The summed E-state index contributed by atoms with van der Waals surface area (Å²) in [7, 11) is 0. The lowest BCUT2D eigenvalue weighted by Crippen LogP contribution is -2.59. The number of carboxylic acid groups (broad SMARTS) is 2. The summed E-state index contributed by atoms with van der Waals surface area (Å²) in [6.07, 6.45) is -1.46. The molecule has 0 aromatic heterocycles. The molecule has 30 heavy (non-hydrogen) atoms. The average Bonchev–Trinajstić information content (AvgIpc) is 2.62. The van der Waals surface area contributed by atoms with Crippen molar-refractivity contribution in [3.05, 3.63) is 0 Å². The third kappa shape index (κ3) is 9.56. The smallest absolute Gasteiger partial charge is 0.326 e. The molecule has 0 heterocycles. The molecule has 9 N–H and O–H groups in total. The summed E-state index contributed by atoms with van der Waals surface area (Å²) in [4.78, 5) is 70.1. The van der Waals surface area contributed by atoms with Crippen molar-refractivity contribution in [2.45, 2.75) is 50.9 Å². The third-order valence-electron chi connectivity index (χ3n) is 3.81. The molecule has 4 atom stereocenters. The Hall–Kier alpha value is -2.87. The van der Waals surface area contributed by atoms with E-state index in [0.29, 0.717) is 0 Å². The maximum Gasteiger partial charge on any atom is 0.326 e. The molecule has 14 heteroatoms. The Balaban J connectivity index is 5.42. The number of aliphatic carboxylic acids is 2. The fourth-order valence-corrected chi connectivity index (χ4v) is 2.36. The largest absolute Gasteiger partial charge is 0.481 e. The standard InChI is InChI=1S/C16H27N5O8S/c1-6(2)12(15(27)20-9(16(28)29)3-10(18)22)21-14(26)8(4-11(23)24)19-13(25)7(17)5-30/h6-9,12,30H,3-5,17H2,1-2H3,(H2,18,22)(H,19,25)(H,20,27)(H,21,26)(H,23,24)(H,28,29). The van der Waals surface area contributed by atoms with E-state index in [0.717, 1.165) is 0 Å². The fourth-order valence-electron chi connectivity index (χ4n) is 2.20. The Labute approximate surface area is 177 Å². The first kappa shape index (κ1) is 27.1. The fraction of sp³-hybridized carbons (Fsp3) is 0.625. The molecule has 4 unspecified atom stereocenters. The van der Waals surface area contributed by atoms with Gasteiger partial charge in [-0.25, -0.2) is 4.79 Å². The van der Waals surface area contributed by atoms with Gasteiger partial charge in [-0.15, -0.1) is 0 Å². The second kappa shape index (κ2) is 12.6. The number of nitrogens with one attached hydrogen (secondary N) is 3. The number of hydrogen-bond acceptors (Lipinski definition) is 8. The number of carbonyl (C=O) groups excluding carboxylic acids is 4. The lowest BCUT2D eigenvalue weighted by molar-refractivity contribution is -0.144. The summed E-state index contributed by atoms with van der Waals surface area (Å²) in [6, 6.07) is -5.54. The molecule has 0 radical (unpaired) electrons. The number of nitrogens with two attached hydrogens (primary N) is 2. The Morgan fingerprint density at radius 3 is 1.80 bits per heavy atom. The van der Waals surface area contributed by atoms with Gasteiger partial charge in [0.25, 0.3) is 0 Å². The maximum atomic E-state index is 12.5. The normalized spacial score (nSPS) is 14.7. The van der Waals surface area contributed by atoms with Gasteiger partial charge in [0.1, 0.15) is 18.1 Å². The van der Waals surface area contributed by atoms with E-state index < -0.39 is 78.5 Å². The number of carboxylic acids is 2. The van der Waals surface area contributed by atoms with E-state index in [-0.39, 0.29) is 5.75 Å². The first-order valence-electron chi connectivity index (χ1n) is 8.80. The lowest BCUT2D eigenvalue weighted by Gasteiger charge is -2.26. The number of amides is 4. The van der Waals surface area contributed by atoms with Crippen molar-refractivity contribution in [3.63, 3.8) is 0 Å². The first-order valence-corrected chi connectivity index (χ1v) is 9.43. The number of primary amides is 1. The molecule has 0 fully saturated rings. The zero-order valence-corrected chi connectivity index (χ0v) is 17.3. The summed E-state index contributed by atoms with van der Waals surface area (Å²) >= 11 is 3.84. The van der Waals surface area contributed by atoms with E-state index in [1.54, 1.807) is 0 Å². The molecule has 0 aliphatic heterocycles. The van der Waals surface area contributed by atoms with Crippen molar-refractivity contribution in [1.82, 2.24) is 16.0 Å².